The van der Waals surface area contributed by atoms with Crippen molar-refractivity contribution in [1.29, 1.82) is 0 Å². The maximum atomic E-state index is 12.9. The molecule has 7 heteroatoms. The van der Waals surface area contributed by atoms with E-state index in [9.17, 15) is 19.5 Å². The quantitative estimate of drug-likeness (QED) is 0.804. The first-order valence-electron chi connectivity index (χ1n) is 8.80. The third-order valence-electron chi connectivity index (χ3n) is 4.65. The second-order valence-corrected chi connectivity index (χ2v) is 6.86. The lowest BCUT2D eigenvalue weighted by Crippen LogP contribution is -2.54. The molecule has 1 aliphatic heterocycles. The van der Waals surface area contributed by atoms with Crippen LogP contribution in [0.2, 0.25) is 0 Å². The molecule has 0 bridgehead atoms. The number of hydrogen-bond acceptors (Lipinski definition) is 4. The number of methoxy groups -OCH3 is 1. The Bertz CT molecular complexity index is 674. The maximum Gasteiger partial charge on any atom is 0.308 e. The number of piperidine rings is 1. The van der Waals surface area contributed by atoms with Gasteiger partial charge in [-0.1, -0.05) is 26.0 Å². The van der Waals surface area contributed by atoms with Crippen molar-refractivity contribution < 1.29 is 24.2 Å². The maximum absolute atomic E-state index is 12.9. The molecule has 1 unspecified atom stereocenters. The summed E-state index contributed by atoms with van der Waals surface area (Å²) in [5.74, 6) is -1.77. The number of ether oxygens (including phenoxy) is 1. The number of rotatable bonds is 6. The number of carboxylic acids is 1. The summed E-state index contributed by atoms with van der Waals surface area (Å²) >= 11 is 0. The molecule has 2 amide bonds. The summed E-state index contributed by atoms with van der Waals surface area (Å²) in [7, 11) is 1.48. The van der Waals surface area contributed by atoms with Gasteiger partial charge < -0.3 is 20.1 Å². The number of nitrogens with zero attached hydrogens (tertiary/aromatic N) is 1. The molecule has 0 radical (unpaired) electrons. The van der Waals surface area contributed by atoms with Crippen LogP contribution in [0.5, 0.6) is 5.75 Å². The molecule has 7 nitrogen and oxygen atoms in total. The van der Waals surface area contributed by atoms with E-state index < -0.39 is 17.9 Å². The van der Waals surface area contributed by atoms with Gasteiger partial charge in [-0.2, -0.15) is 0 Å². The van der Waals surface area contributed by atoms with Crippen LogP contribution in [0.4, 0.5) is 0 Å². The van der Waals surface area contributed by atoms with Crippen LogP contribution >= 0.6 is 0 Å². The fourth-order valence-corrected chi connectivity index (χ4v) is 3.14. The molecule has 2 atom stereocenters. The molecule has 2 rings (SSSR count). The van der Waals surface area contributed by atoms with Gasteiger partial charge in [0.2, 0.25) is 5.91 Å². The van der Waals surface area contributed by atoms with Crippen molar-refractivity contribution in [2.24, 2.45) is 11.8 Å². The van der Waals surface area contributed by atoms with Gasteiger partial charge in [-0.3, -0.25) is 14.4 Å². The van der Waals surface area contributed by atoms with Crippen molar-refractivity contribution in [2.45, 2.75) is 32.7 Å². The van der Waals surface area contributed by atoms with Gasteiger partial charge in [-0.15, -0.1) is 0 Å². The number of hydrogen-bond donors (Lipinski definition) is 2. The number of carbonyl (C=O) groups is 3. The number of carbonyl (C=O) groups excluding carboxylic acids is 2. The lowest BCUT2D eigenvalue weighted by Gasteiger charge is -2.34. The molecule has 26 heavy (non-hydrogen) atoms. The number of para-hydroxylation sites is 1. The van der Waals surface area contributed by atoms with E-state index in [1.807, 2.05) is 13.8 Å². The van der Waals surface area contributed by atoms with Gasteiger partial charge in [0.1, 0.15) is 11.8 Å². The van der Waals surface area contributed by atoms with Crippen LogP contribution in [-0.4, -0.2) is 54.0 Å². The summed E-state index contributed by atoms with van der Waals surface area (Å²) in [6.07, 6.45) is 1.22. The minimum atomic E-state index is -0.887. The fourth-order valence-electron chi connectivity index (χ4n) is 3.14. The number of aliphatic carboxylic acids is 1. The Balaban J connectivity index is 2.14. The third-order valence-corrected chi connectivity index (χ3v) is 4.65. The van der Waals surface area contributed by atoms with Crippen LogP contribution in [0.15, 0.2) is 24.3 Å². The van der Waals surface area contributed by atoms with Gasteiger partial charge in [-0.25, -0.2) is 0 Å². The largest absolute Gasteiger partial charge is 0.496 e. The minimum absolute atomic E-state index is 0.133. The molecular formula is C19H26N2O5. The highest BCUT2D eigenvalue weighted by Gasteiger charge is 2.34. The summed E-state index contributed by atoms with van der Waals surface area (Å²) in [4.78, 5) is 38.3. The van der Waals surface area contributed by atoms with Crippen LogP contribution in [0.1, 0.15) is 37.0 Å². The highest BCUT2D eigenvalue weighted by Crippen LogP contribution is 2.21. The number of nitrogens with one attached hydrogen (secondary N) is 1. The van der Waals surface area contributed by atoms with E-state index in [1.54, 1.807) is 29.2 Å². The average Bonchev–Trinajstić information content (AvgIpc) is 2.65. The lowest BCUT2D eigenvalue weighted by molar-refractivity contribution is -0.146. The number of likely N-dealkylation sites (tertiary alicyclic amines) is 1. The van der Waals surface area contributed by atoms with Crippen LogP contribution in [0, 0.1) is 11.8 Å². The lowest BCUT2D eigenvalue weighted by atomic mass is 9.95. The van der Waals surface area contributed by atoms with Crippen molar-refractivity contribution in [1.82, 2.24) is 10.2 Å². The average molecular weight is 362 g/mol. The second-order valence-electron chi connectivity index (χ2n) is 6.86. The van der Waals surface area contributed by atoms with Crippen molar-refractivity contribution in [3.8, 4) is 5.75 Å². The monoisotopic (exact) mass is 362 g/mol. The highest BCUT2D eigenvalue weighted by molar-refractivity contribution is 5.99. The standard InChI is InChI=1S/C19H26N2O5/c1-12(2)16(18(23)21-10-6-7-13(11-21)19(24)25)20-17(22)14-8-4-5-9-15(14)26-3/h4-5,8-9,12-13,16H,6-7,10-11H2,1-3H3,(H,20,22)(H,24,25)/t13-,16?/m0/s1. The Kier molecular flexibility index (Phi) is 6.60. The molecule has 1 aromatic rings. The normalized spacial score (nSPS) is 18.3. The van der Waals surface area contributed by atoms with Gasteiger partial charge in [0.25, 0.3) is 5.91 Å². The first kappa shape index (κ1) is 19.8. The van der Waals surface area contributed by atoms with Crippen molar-refractivity contribution in [3.63, 3.8) is 0 Å². The van der Waals surface area contributed by atoms with Gasteiger partial charge in [0, 0.05) is 13.1 Å². The predicted octanol–water partition coefficient (Wildman–Crippen LogP) is 1.77. The van der Waals surface area contributed by atoms with Gasteiger partial charge in [-0.05, 0) is 30.9 Å². The number of carboxylic acid groups (broad SMARTS) is 1. The SMILES string of the molecule is COc1ccccc1C(=O)NC(C(=O)N1CCC[C@H](C(=O)O)C1)C(C)C. The van der Waals surface area contributed by atoms with E-state index in [2.05, 4.69) is 5.32 Å². The van der Waals surface area contributed by atoms with Gasteiger partial charge in [0.15, 0.2) is 0 Å². The summed E-state index contributed by atoms with van der Waals surface area (Å²) in [6.45, 7) is 4.39. The smallest absolute Gasteiger partial charge is 0.308 e. The van der Waals surface area contributed by atoms with Crippen LogP contribution in [0.25, 0.3) is 0 Å². The van der Waals surface area contributed by atoms with E-state index in [-0.39, 0.29) is 24.3 Å². The molecular weight excluding hydrogens is 336 g/mol. The molecule has 142 valence electrons. The summed E-state index contributed by atoms with van der Waals surface area (Å²) < 4.78 is 5.20. The third kappa shape index (κ3) is 4.53. The van der Waals surface area contributed by atoms with Crippen LogP contribution < -0.4 is 10.1 Å². The zero-order valence-electron chi connectivity index (χ0n) is 15.4. The van der Waals surface area contributed by atoms with Gasteiger partial charge >= 0.3 is 5.97 Å². The van der Waals surface area contributed by atoms with Crippen molar-refractivity contribution >= 4 is 17.8 Å². The molecule has 0 saturated carbocycles. The Labute approximate surface area is 153 Å². The molecule has 1 heterocycles. The minimum Gasteiger partial charge on any atom is -0.496 e. The second kappa shape index (κ2) is 8.69. The van der Waals surface area contributed by atoms with E-state index >= 15 is 0 Å². The van der Waals surface area contributed by atoms with E-state index in [4.69, 9.17) is 4.74 Å². The number of amides is 2. The van der Waals surface area contributed by atoms with E-state index in [1.165, 1.54) is 7.11 Å². The first-order valence-corrected chi connectivity index (χ1v) is 8.80. The Hall–Kier alpha value is -2.57. The fraction of sp³-hybridized carbons (Fsp3) is 0.526. The molecule has 1 aromatic carbocycles. The van der Waals surface area contributed by atoms with Crippen molar-refractivity contribution in [3.05, 3.63) is 29.8 Å². The molecule has 0 aromatic heterocycles. The van der Waals surface area contributed by atoms with Crippen molar-refractivity contribution in [2.75, 3.05) is 20.2 Å². The molecule has 0 aliphatic carbocycles. The molecule has 1 aliphatic rings. The van der Waals surface area contributed by atoms with E-state index in [0.717, 1.165) is 0 Å². The molecule has 2 N–H and O–H groups in total. The Morgan fingerprint density at radius 3 is 2.58 bits per heavy atom. The zero-order chi connectivity index (χ0) is 19.3. The molecule has 1 fully saturated rings. The van der Waals surface area contributed by atoms with Crippen LogP contribution in [-0.2, 0) is 9.59 Å². The highest BCUT2D eigenvalue weighted by atomic mass is 16.5. The summed E-state index contributed by atoms with van der Waals surface area (Å²) in [6, 6.07) is 6.09. The van der Waals surface area contributed by atoms with Gasteiger partial charge in [0.05, 0.1) is 18.6 Å². The topological polar surface area (TPSA) is 95.9 Å². The Morgan fingerprint density at radius 2 is 1.96 bits per heavy atom. The molecule has 1 saturated heterocycles. The van der Waals surface area contributed by atoms with Crippen LogP contribution in [0.3, 0.4) is 0 Å². The summed E-state index contributed by atoms with van der Waals surface area (Å²) in [5, 5.41) is 12.0. The number of benzene rings is 1. The summed E-state index contributed by atoms with van der Waals surface area (Å²) in [5.41, 5.74) is 0.357. The zero-order valence-corrected chi connectivity index (χ0v) is 15.4. The predicted molar refractivity (Wildman–Crippen MR) is 96.0 cm³/mol. The van der Waals surface area contributed by atoms with E-state index in [0.29, 0.717) is 30.7 Å². The molecule has 0 spiro atoms. The first-order chi connectivity index (χ1) is 12.3. The Morgan fingerprint density at radius 1 is 1.27 bits per heavy atom.